The second-order valence-electron chi connectivity index (χ2n) is 5.37. The Morgan fingerprint density at radius 1 is 1.40 bits per heavy atom. The van der Waals surface area contributed by atoms with E-state index in [2.05, 4.69) is 10.3 Å². The van der Waals surface area contributed by atoms with Gasteiger partial charge in [0.1, 0.15) is 17.2 Å². The number of amides is 1. The van der Waals surface area contributed by atoms with E-state index in [-0.39, 0.29) is 22.6 Å². The molecule has 1 fully saturated rings. The zero-order valence-corrected chi connectivity index (χ0v) is 14.5. The summed E-state index contributed by atoms with van der Waals surface area (Å²) in [5, 5.41) is 12.4. The summed E-state index contributed by atoms with van der Waals surface area (Å²) in [6.07, 6.45) is 2.05. The first-order chi connectivity index (χ1) is 12.1. The lowest BCUT2D eigenvalue weighted by Crippen LogP contribution is -2.17. The molecule has 1 aliphatic heterocycles. The number of anilines is 1. The summed E-state index contributed by atoms with van der Waals surface area (Å²) in [5.41, 5.74) is 0.862. The van der Waals surface area contributed by atoms with Gasteiger partial charge in [-0.25, -0.2) is 4.98 Å². The summed E-state index contributed by atoms with van der Waals surface area (Å²) in [4.78, 5) is 16.5. The number of nitrogens with one attached hydrogen (secondary N) is 1. The topological polar surface area (TPSA) is 84.2 Å². The van der Waals surface area contributed by atoms with Crippen LogP contribution in [-0.4, -0.2) is 30.2 Å². The van der Waals surface area contributed by atoms with E-state index in [4.69, 9.17) is 37.9 Å². The Hall–Kier alpha value is -2.33. The molecule has 1 saturated heterocycles. The van der Waals surface area contributed by atoms with Crippen LogP contribution in [0.5, 0.6) is 5.88 Å². The molecule has 1 N–H and O–H groups in total. The lowest BCUT2D eigenvalue weighted by atomic mass is 10.2. The number of rotatable bonds is 4. The van der Waals surface area contributed by atoms with Gasteiger partial charge in [-0.05, 0) is 24.3 Å². The van der Waals surface area contributed by atoms with Crippen LogP contribution in [0.3, 0.4) is 0 Å². The predicted octanol–water partition coefficient (Wildman–Crippen LogP) is 3.68. The number of pyridine rings is 1. The Morgan fingerprint density at radius 2 is 2.24 bits per heavy atom. The molecule has 1 atom stereocenters. The lowest BCUT2D eigenvalue weighted by Gasteiger charge is -2.13. The van der Waals surface area contributed by atoms with Gasteiger partial charge in [0.25, 0.3) is 5.91 Å². The zero-order valence-electron chi connectivity index (χ0n) is 13.0. The third kappa shape index (κ3) is 4.20. The molecular formula is C17H13Cl2N3O3. The number of aromatic nitrogens is 1. The van der Waals surface area contributed by atoms with Gasteiger partial charge < -0.3 is 14.8 Å². The smallest absolute Gasteiger partial charge is 0.257 e. The van der Waals surface area contributed by atoms with E-state index >= 15 is 0 Å². The third-order valence-electron chi connectivity index (χ3n) is 3.59. The van der Waals surface area contributed by atoms with Gasteiger partial charge in [-0.2, -0.15) is 5.26 Å². The van der Waals surface area contributed by atoms with Crippen molar-refractivity contribution in [2.75, 3.05) is 18.5 Å². The molecule has 1 amide bonds. The first-order valence-corrected chi connectivity index (χ1v) is 8.23. The fraction of sp³-hybridized carbons (Fsp3) is 0.235. The van der Waals surface area contributed by atoms with Crippen molar-refractivity contribution in [2.24, 2.45) is 0 Å². The highest BCUT2D eigenvalue weighted by molar-refractivity contribution is 6.32. The molecule has 2 aromatic rings. The monoisotopic (exact) mass is 377 g/mol. The van der Waals surface area contributed by atoms with E-state index < -0.39 is 5.91 Å². The Labute approximate surface area is 154 Å². The van der Waals surface area contributed by atoms with Gasteiger partial charge in [-0.1, -0.05) is 23.2 Å². The molecule has 1 unspecified atom stereocenters. The summed E-state index contributed by atoms with van der Waals surface area (Å²) in [7, 11) is 0. The van der Waals surface area contributed by atoms with Crippen LogP contribution in [0.4, 0.5) is 5.69 Å². The Bertz CT molecular complexity index is 846. The van der Waals surface area contributed by atoms with Crippen LogP contribution in [0.25, 0.3) is 0 Å². The minimum absolute atomic E-state index is 0.0886. The van der Waals surface area contributed by atoms with Gasteiger partial charge in [0, 0.05) is 17.6 Å². The van der Waals surface area contributed by atoms with E-state index in [1.54, 1.807) is 6.07 Å². The average molecular weight is 378 g/mol. The van der Waals surface area contributed by atoms with E-state index in [0.717, 1.165) is 6.42 Å². The van der Waals surface area contributed by atoms with Crippen LogP contribution in [0.15, 0.2) is 30.5 Å². The number of hydrogen-bond donors (Lipinski definition) is 1. The Morgan fingerprint density at radius 3 is 2.92 bits per heavy atom. The molecule has 1 aromatic carbocycles. The van der Waals surface area contributed by atoms with Crippen LogP contribution < -0.4 is 10.1 Å². The molecule has 2 heterocycles. The minimum atomic E-state index is -0.455. The van der Waals surface area contributed by atoms with Crippen molar-refractivity contribution in [1.29, 1.82) is 5.26 Å². The number of nitrogens with zero attached hydrogens (tertiary/aromatic N) is 2. The lowest BCUT2D eigenvalue weighted by molar-refractivity contribution is 0.102. The van der Waals surface area contributed by atoms with Crippen LogP contribution in [0.2, 0.25) is 10.0 Å². The third-order valence-corrected chi connectivity index (χ3v) is 4.09. The van der Waals surface area contributed by atoms with Crippen molar-refractivity contribution in [3.63, 3.8) is 0 Å². The van der Waals surface area contributed by atoms with Gasteiger partial charge in [0.15, 0.2) is 0 Å². The van der Waals surface area contributed by atoms with Crippen molar-refractivity contribution in [1.82, 2.24) is 4.98 Å². The number of ether oxygens (including phenoxy) is 2. The maximum atomic E-state index is 12.4. The van der Waals surface area contributed by atoms with Gasteiger partial charge in [0.05, 0.1) is 30.0 Å². The highest BCUT2D eigenvalue weighted by Gasteiger charge is 2.20. The first-order valence-electron chi connectivity index (χ1n) is 7.48. The van der Waals surface area contributed by atoms with Crippen molar-refractivity contribution < 1.29 is 14.3 Å². The molecule has 25 heavy (non-hydrogen) atoms. The van der Waals surface area contributed by atoms with E-state index in [1.165, 1.54) is 24.4 Å². The molecule has 1 aliphatic rings. The van der Waals surface area contributed by atoms with Crippen molar-refractivity contribution in [3.05, 3.63) is 51.6 Å². The van der Waals surface area contributed by atoms with E-state index in [0.29, 0.717) is 29.5 Å². The fourth-order valence-corrected chi connectivity index (χ4v) is 2.69. The molecule has 128 valence electrons. The molecule has 6 nitrogen and oxygen atoms in total. The predicted molar refractivity (Wildman–Crippen MR) is 93.2 cm³/mol. The van der Waals surface area contributed by atoms with Crippen LogP contribution >= 0.6 is 23.2 Å². The minimum Gasteiger partial charge on any atom is -0.471 e. The van der Waals surface area contributed by atoms with Crippen LogP contribution in [0, 0.1) is 11.3 Å². The van der Waals surface area contributed by atoms with Gasteiger partial charge in [-0.3, -0.25) is 4.79 Å². The van der Waals surface area contributed by atoms with Gasteiger partial charge in [-0.15, -0.1) is 0 Å². The van der Waals surface area contributed by atoms with Crippen molar-refractivity contribution in [3.8, 4) is 11.9 Å². The number of benzene rings is 1. The number of carbonyl (C=O) groups is 1. The van der Waals surface area contributed by atoms with Gasteiger partial charge >= 0.3 is 0 Å². The zero-order chi connectivity index (χ0) is 17.8. The fourth-order valence-electron chi connectivity index (χ4n) is 2.31. The maximum absolute atomic E-state index is 12.4. The van der Waals surface area contributed by atoms with Crippen LogP contribution in [-0.2, 0) is 4.74 Å². The van der Waals surface area contributed by atoms with Crippen molar-refractivity contribution >= 4 is 34.8 Å². The van der Waals surface area contributed by atoms with Crippen LogP contribution in [0.1, 0.15) is 22.3 Å². The molecule has 0 spiro atoms. The highest BCUT2D eigenvalue weighted by atomic mass is 35.5. The largest absolute Gasteiger partial charge is 0.471 e. The number of hydrogen-bond acceptors (Lipinski definition) is 5. The molecule has 0 saturated carbocycles. The Kier molecular flexibility index (Phi) is 5.39. The maximum Gasteiger partial charge on any atom is 0.257 e. The molecule has 0 bridgehead atoms. The first kappa shape index (κ1) is 17.5. The average Bonchev–Trinajstić information content (AvgIpc) is 3.10. The molecule has 3 rings (SSSR count). The van der Waals surface area contributed by atoms with E-state index in [1.807, 2.05) is 6.07 Å². The van der Waals surface area contributed by atoms with Gasteiger partial charge in [0.2, 0.25) is 5.88 Å². The van der Waals surface area contributed by atoms with E-state index in [9.17, 15) is 4.79 Å². The second-order valence-corrected chi connectivity index (χ2v) is 6.21. The highest BCUT2D eigenvalue weighted by Crippen LogP contribution is 2.26. The molecule has 8 heteroatoms. The summed E-state index contributed by atoms with van der Waals surface area (Å²) in [6.45, 7) is 1.13. The quantitative estimate of drug-likeness (QED) is 0.878. The summed E-state index contributed by atoms with van der Waals surface area (Å²) < 4.78 is 10.9. The summed E-state index contributed by atoms with van der Waals surface area (Å²) >= 11 is 12.1. The molecule has 1 aromatic heterocycles. The summed E-state index contributed by atoms with van der Waals surface area (Å²) in [6, 6.07) is 8.07. The number of halogens is 2. The summed E-state index contributed by atoms with van der Waals surface area (Å²) in [5.74, 6) is -0.196. The standard InChI is InChI=1S/C17H13Cl2N3O3/c18-12-2-1-10(7-20)15(6-12)22-16(23)11-5-14(19)17(21-8-11)25-13-3-4-24-9-13/h1-2,5-6,8,13H,3-4,9H2,(H,22,23). The Balaban J connectivity index is 1.75. The molecule has 0 radical (unpaired) electrons. The molecular weight excluding hydrogens is 365 g/mol. The second kappa shape index (κ2) is 7.70. The molecule has 0 aliphatic carbocycles. The SMILES string of the molecule is N#Cc1ccc(Cl)cc1NC(=O)c1cnc(OC2CCOC2)c(Cl)c1. The number of nitriles is 1. The van der Waals surface area contributed by atoms with Crippen molar-refractivity contribution in [2.45, 2.75) is 12.5 Å². The number of carbonyl (C=O) groups excluding carboxylic acids is 1. The normalized spacial score (nSPS) is 16.3.